The number of aliphatic carboxylic acids is 1. The molecule has 2 amide bonds. The molecule has 1 N–H and O–H groups in total. The quantitative estimate of drug-likeness (QED) is 0.889. The Morgan fingerprint density at radius 2 is 1.95 bits per heavy atom. The van der Waals surface area contributed by atoms with E-state index < -0.39 is 18.0 Å². The maximum absolute atomic E-state index is 12.4. The van der Waals surface area contributed by atoms with Crippen molar-refractivity contribution in [2.45, 2.75) is 19.4 Å². The highest BCUT2D eigenvalue weighted by Gasteiger charge is 2.26. The molecule has 0 aliphatic carbocycles. The minimum absolute atomic E-state index is 0.177. The minimum Gasteiger partial charge on any atom is -0.480 e. The minimum atomic E-state index is -1.07. The molecule has 1 aromatic rings. The predicted octanol–water partition coefficient (Wildman–Crippen LogP) is 1.93. The van der Waals surface area contributed by atoms with Gasteiger partial charge < -0.3 is 10.0 Å². The largest absolute Gasteiger partial charge is 0.480 e. The topological polar surface area (TPSA) is 84.6 Å². The van der Waals surface area contributed by atoms with E-state index in [1.807, 2.05) is 12.1 Å². The molecule has 0 saturated heterocycles. The van der Waals surface area contributed by atoms with Crippen LogP contribution in [0.1, 0.15) is 13.3 Å². The molecule has 0 spiro atoms. The number of nitriles is 1. The second-order valence-corrected chi connectivity index (χ2v) is 4.30. The normalized spacial score (nSPS) is 11.2. The van der Waals surface area contributed by atoms with Gasteiger partial charge in [0.15, 0.2) is 0 Å². The zero-order chi connectivity index (χ0) is 15.1. The molecular formula is C14H17N3O3. The molecule has 1 aromatic carbocycles. The summed E-state index contributed by atoms with van der Waals surface area (Å²) in [6.07, 6.45) is 0.177. The number of para-hydroxylation sites is 1. The third-order valence-corrected chi connectivity index (χ3v) is 2.99. The lowest BCUT2D eigenvalue weighted by molar-refractivity contribution is -0.141. The van der Waals surface area contributed by atoms with Gasteiger partial charge in [-0.1, -0.05) is 18.2 Å². The fraction of sp³-hybridized carbons (Fsp3) is 0.357. The highest BCUT2D eigenvalue weighted by Crippen LogP contribution is 2.16. The summed E-state index contributed by atoms with van der Waals surface area (Å²) in [5.41, 5.74) is 0.636. The highest BCUT2D eigenvalue weighted by molar-refractivity contribution is 5.94. The van der Waals surface area contributed by atoms with E-state index in [-0.39, 0.29) is 13.0 Å². The van der Waals surface area contributed by atoms with Crippen LogP contribution in [0.2, 0.25) is 0 Å². The lowest BCUT2D eigenvalue weighted by atomic mass is 10.2. The van der Waals surface area contributed by atoms with E-state index in [9.17, 15) is 9.59 Å². The number of carbonyl (C=O) groups is 2. The molecule has 6 nitrogen and oxygen atoms in total. The summed E-state index contributed by atoms with van der Waals surface area (Å²) in [7, 11) is 1.43. The number of urea groups is 1. The Morgan fingerprint density at radius 3 is 2.45 bits per heavy atom. The van der Waals surface area contributed by atoms with Gasteiger partial charge in [0.25, 0.3) is 0 Å². The average molecular weight is 275 g/mol. The zero-order valence-corrected chi connectivity index (χ0v) is 11.5. The average Bonchev–Trinajstić information content (AvgIpc) is 2.46. The molecule has 0 radical (unpaired) electrons. The van der Waals surface area contributed by atoms with Crippen LogP contribution in [0.4, 0.5) is 10.5 Å². The van der Waals surface area contributed by atoms with Crippen molar-refractivity contribution in [3.05, 3.63) is 30.3 Å². The maximum atomic E-state index is 12.4. The molecule has 0 fully saturated rings. The zero-order valence-electron chi connectivity index (χ0n) is 11.5. The molecule has 0 bridgehead atoms. The number of nitrogens with zero attached hydrogens (tertiary/aromatic N) is 3. The van der Waals surface area contributed by atoms with E-state index in [0.717, 1.165) is 4.90 Å². The van der Waals surface area contributed by atoms with Crippen molar-refractivity contribution in [2.75, 3.05) is 18.5 Å². The number of amides is 2. The maximum Gasteiger partial charge on any atom is 0.326 e. The summed E-state index contributed by atoms with van der Waals surface area (Å²) in [6, 6.07) is 9.48. The molecule has 1 atom stereocenters. The summed E-state index contributed by atoms with van der Waals surface area (Å²) < 4.78 is 0. The van der Waals surface area contributed by atoms with E-state index in [1.165, 1.54) is 18.9 Å². The van der Waals surface area contributed by atoms with Crippen LogP contribution in [0.3, 0.4) is 0 Å². The SMILES string of the molecule is CC(C(=O)O)N(C)C(=O)N(CCC#N)c1ccccc1. The van der Waals surface area contributed by atoms with E-state index in [0.29, 0.717) is 5.69 Å². The van der Waals surface area contributed by atoms with Gasteiger partial charge in [0.05, 0.1) is 12.5 Å². The predicted molar refractivity (Wildman–Crippen MR) is 74.3 cm³/mol. The molecule has 0 aliphatic rings. The van der Waals surface area contributed by atoms with Gasteiger partial charge in [-0.05, 0) is 19.1 Å². The Kier molecular flexibility index (Phi) is 5.54. The monoisotopic (exact) mass is 275 g/mol. The summed E-state index contributed by atoms with van der Waals surface area (Å²) in [4.78, 5) is 25.9. The number of likely N-dealkylation sites (N-methyl/N-ethyl adjacent to an activating group) is 1. The van der Waals surface area contributed by atoms with Gasteiger partial charge in [-0.2, -0.15) is 5.26 Å². The molecule has 0 heterocycles. The first-order chi connectivity index (χ1) is 9.49. The van der Waals surface area contributed by atoms with E-state index in [1.54, 1.807) is 24.3 Å². The first kappa shape index (κ1) is 15.5. The van der Waals surface area contributed by atoms with Crippen molar-refractivity contribution in [1.29, 1.82) is 5.26 Å². The number of carboxylic acid groups (broad SMARTS) is 1. The molecule has 1 unspecified atom stereocenters. The second-order valence-electron chi connectivity index (χ2n) is 4.30. The van der Waals surface area contributed by atoms with Gasteiger partial charge in [-0.15, -0.1) is 0 Å². The first-order valence-electron chi connectivity index (χ1n) is 6.18. The lowest BCUT2D eigenvalue weighted by Crippen LogP contribution is -2.48. The smallest absolute Gasteiger partial charge is 0.326 e. The second kappa shape index (κ2) is 7.14. The van der Waals surface area contributed by atoms with Crippen LogP contribution < -0.4 is 4.90 Å². The Balaban J connectivity index is 2.97. The number of anilines is 1. The highest BCUT2D eigenvalue weighted by atomic mass is 16.4. The standard InChI is InChI=1S/C14H17N3O3/c1-11(13(18)19)16(2)14(20)17(10-6-9-15)12-7-4-3-5-8-12/h3-5,7-8,11H,6,10H2,1-2H3,(H,18,19). The van der Waals surface area contributed by atoms with Crippen LogP contribution in [0.15, 0.2) is 30.3 Å². The Labute approximate surface area is 117 Å². The summed E-state index contributed by atoms with van der Waals surface area (Å²) in [5.74, 6) is -1.07. The molecular weight excluding hydrogens is 258 g/mol. The van der Waals surface area contributed by atoms with Crippen molar-refractivity contribution in [3.63, 3.8) is 0 Å². The third-order valence-electron chi connectivity index (χ3n) is 2.99. The van der Waals surface area contributed by atoms with Crippen LogP contribution in [-0.2, 0) is 4.79 Å². The van der Waals surface area contributed by atoms with Gasteiger partial charge in [0.1, 0.15) is 6.04 Å². The molecule has 0 saturated carbocycles. The van der Waals surface area contributed by atoms with Crippen LogP contribution >= 0.6 is 0 Å². The Hall–Kier alpha value is -2.55. The first-order valence-corrected chi connectivity index (χ1v) is 6.18. The fourth-order valence-electron chi connectivity index (χ4n) is 1.63. The van der Waals surface area contributed by atoms with Gasteiger partial charge in [-0.3, -0.25) is 4.90 Å². The van der Waals surface area contributed by atoms with Crippen molar-refractivity contribution in [3.8, 4) is 6.07 Å². The molecule has 1 rings (SSSR count). The number of benzene rings is 1. The molecule has 106 valence electrons. The van der Waals surface area contributed by atoms with Crippen LogP contribution in [0, 0.1) is 11.3 Å². The Bertz CT molecular complexity index is 510. The lowest BCUT2D eigenvalue weighted by Gasteiger charge is -2.29. The molecule has 20 heavy (non-hydrogen) atoms. The number of rotatable bonds is 5. The number of hydrogen-bond acceptors (Lipinski definition) is 3. The van der Waals surface area contributed by atoms with Crippen molar-refractivity contribution in [2.24, 2.45) is 0 Å². The van der Waals surface area contributed by atoms with Crippen molar-refractivity contribution in [1.82, 2.24) is 4.90 Å². The van der Waals surface area contributed by atoms with Gasteiger partial charge in [0.2, 0.25) is 0 Å². The van der Waals surface area contributed by atoms with Crippen LogP contribution in [0.5, 0.6) is 0 Å². The number of carboxylic acids is 1. The van der Waals surface area contributed by atoms with Crippen molar-refractivity contribution >= 4 is 17.7 Å². The molecule has 6 heteroatoms. The summed E-state index contributed by atoms with van der Waals surface area (Å²) >= 11 is 0. The fourth-order valence-corrected chi connectivity index (χ4v) is 1.63. The third kappa shape index (κ3) is 3.72. The summed E-state index contributed by atoms with van der Waals surface area (Å²) in [6.45, 7) is 1.66. The number of carbonyl (C=O) groups excluding carboxylic acids is 1. The van der Waals surface area contributed by atoms with E-state index in [2.05, 4.69) is 0 Å². The van der Waals surface area contributed by atoms with Crippen LogP contribution in [-0.4, -0.2) is 41.6 Å². The van der Waals surface area contributed by atoms with Gasteiger partial charge in [0, 0.05) is 19.3 Å². The van der Waals surface area contributed by atoms with Gasteiger partial charge in [-0.25, -0.2) is 9.59 Å². The molecule has 0 aliphatic heterocycles. The number of hydrogen-bond donors (Lipinski definition) is 1. The van der Waals surface area contributed by atoms with Crippen molar-refractivity contribution < 1.29 is 14.7 Å². The van der Waals surface area contributed by atoms with Gasteiger partial charge >= 0.3 is 12.0 Å². The van der Waals surface area contributed by atoms with E-state index in [4.69, 9.17) is 10.4 Å². The van der Waals surface area contributed by atoms with E-state index >= 15 is 0 Å². The summed E-state index contributed by atoms with van der Waals surface area (Å²) in [5, 5.41) is 17.6. The molecule has 0 aromatic heterocycles. The Morgan fingerprint density at radius 1 is 1.35 bits per heavy atom. The van der Waals surface area contributed by atoms with Crippen LogP contribution in [0.25, 0.3) is 0 Å².